The standard InChI is InChI=1S/C16H19ClN2O/c1-4-19-16(12-8-13(20-3)10-18-9-12)14-6-5-7-15(17)11(14)2/h5-10,16,19H,4H2,1-3H3. The van der Waals surface area contributed by atoms with E-state index in [1.54, 1.807) is 13.3 Å². The van der Waals surface area contributed by atoms with Crippen LogP contribution in [-0.4, -0.2) is 18.6 Å². The third kappa shape index (κ3) is 3.11. The van der Waals surface area contributed by atoms with E-state index in [0.29, 0.717) is 0 Å². The zero-order valence-corrected chi connectivity index (χ0v) is 12.7. The molecule has 0 saturated carbocycles. The van der Waals surface area contributed by atoms with Crippen molar-refractivity contribution >= 4 is 11.6 Å². The molecular weight excluding hydrogens is 272 g/mol. The molecule has 0 fully saturated rings. The molecule has 3 nitrogen and oxygen atoms in total. The number of ether oxygens (including phenoxy) is 1. The molecule has 2 rings (SSSR count). The second-order valence-electron chi connectivity index (χ2n) is 4.60. The third-order valence-electron chi connectivity index (χ3n) is 3.33. The number of nitrogens with one attached hydrogen (secondary N) is 1. The maximum atomic E-state index is 6.24. The molecule has 0 bridgehead atoms. The molecule has 0 saturated heterocycles. The lowest BCUT2D eigenvalue weighted by Crippen LogP contribution is -2.23. The van der Waals surface area contributed by atoms with Crippen LogP contribution < -0.4 is 10.1 Å². The summed E-state index contributed by atoms with van der Waals surface area (Å²) < 4.78 is 5.26. The molecule has 0 aliphatic heterocycles. The topological polar surface area (TPSA) is 34.2 Å². The summed E-state index contributed by atoms with van der Waals surface area (Å²) in [5.74, 6) is 0.755. The maximum Gasteiger partial charge on any atom is 0.137 e. The van der Waals surface area contributed by atoms with Gasteiger partial charge in [0, 0.05) is 11.2 Å². The largest absolute Gasteiger partial charge is 0.495 e. The number of hydrogen-bond donors (Lipinski definition) is 1. The van der Waals surface area contributed by atoms with E-state index in [9.17, 15) is 0 Å². The van der Waals surface area contributed by atoms with Gasteiger partial charge in [0.05, 0.1) is 19.3 Å². The van der Waals surface area contributed by atoms with Gasteiger partial charge < -0.3 is 10.1 Å². The summed E-state index contributed by atoms with van der Waals surface area (Å²) in [6, 6.07) is 8.03. The van der Waals surface area contributed by atoms with Crippen molar-refractivity contribution in [3.63, 3.8) is 0 Å². The van der Waals surface area contributed by atoms with E-state index >= 15 is 0 Å². The van der Waals surface area contributed by atoms with Crippen LogP contribution in [0.3, 0.4) is 0 Å². The van der Waals surface area contributed by atoms with Gasteiger partial charge in [-0.15, -0.1) is 0 Å². The molecule has 1 N–H and O–H groups in total. The van der Waals surface area contributed by atoms with Crippen LogP contribution >= 0.6 is 11.6 Å². The molecule has 106 valence electrons. The maximum absolute atomic E-state index is 6.24. The molecule has 0 spiro atoms. The molecule has 0 aliphatic rings. The summed E-state index contributed by atoms with van der Waals surface area (Å²) >= 11 is 6.24. The van der Waals surface area contributed by atoms with E-state index < -0.39 is 0 Å². The molecule has 0 aliphatic carbocycles. The molecule has 1 heterocycles. The van der Waals surface area contributed by atoms with Crippen molar-refractivity contribution in [2.75, 3.05) is 13.7 Å². The van der Waals surface area contributed by atoms with Gasteiger partial charge in [-0.25, -0.2) is 0 Å². The van der Waals surface area contributed by atoms with Gasteiger partial charge in [0.25, 0.3) is 0 Å². The summed E-state index contributed by atoms with van der Waals surface area (Å²) in [4.78, 5) is 4.24. The molecule has 20 heavy (non-hydrogen) atoms. The minimum atomic E-state index is 0.0568. The summed E-state index contributed by atoms with van der Waals surface area (Å²) in [6.07, 6.45) is 3.56. The van der Waals surface area contributed by atoms with Crippen LogP contribution in [0.25, 0.3) is 0 Å². The first-order valence-corrected chi connectivity index (χ1v) is 7.02. The predicted molar refractivity (Wildman–Crippen MR) is 82.5 cm³/mol. The fourth-order valence-corrected chi connectivity index (χ4v) is 2.44. The Balaban J connectivity index is 2.47. The van der Waals surface area contributed by atoms with Crippen molar-refractivity contribution in [3.05, 3.63) is 58.4 Å². The van der Waals surface area contributed by atoms with Crippen LogP contribution in [0.1, 0.15) is 29.7 Å². The molecule has 0 radical (unpaired) electrons. The van der Waals surface area contributed by atoms with Crippen LogP contribution in [0.4, 0.5) is 0 Å². The lowest BCUT2D eigenvalue weighted by molar-refractivity contribution is 0.411. The Labute approximate surface area is 124 Å². The van der Waals surface area contributed by atoms with Gasteiger partial charge >= 0.3 is 0 Å². The summed E-state index contributed by atoms with van der Waals surface area (Å²) in [6.45, 7) is 4.98. The van der Waals surface area contributed by atoms with Crippen LogP contribution in [-0.2, 0) is 0 Å². The molecule has 1 unspecified atom stereocenters. The average molecular weight is 291 g/mol. The fraction of sp³-hybridized carbons (Fsp3) is 0.312. The van der Waals surface area contributed by atoms with Crippen molar-refractivity contribution in [2.24, 2.45) is 0 Å². The Morgan fingerprint density at radius 2 is 2.15 bits per heavy atom. The van der Waals surface area contributed by atoms with E-state index in [-0.39, 0.29) is 6.04 Å². The lowest BCUT2D eigenvalue weighted by Gasteiger charge is -2.21. The van der Waals surface area contributed by atoms with E-state index in [1.807, 2.05) is 31.3 Å². The summed E-state index contributed by atoms with van der Waals surface area (Å²) in [5, 5.41) is 4.26. The molecular formula is C16H19ClN2O. The van der Waals surface area contributed by atoms with Gasteiger partial charge in [-0.1, -0.05) is 30.7 Å². The fourth-order valence-electron chi connectivity index (χ4n) is 2.25. The summed E-state index contributed by atoms with van der Waals surface area (Å²) in [7, 11) is 1.65. The average Bonchev–Trinajstić information content (AvgIpc) is 2.48. The van der Waals surface area contributed by atoms with E-state index in [2.05, 4.69) is 23.3 Å². The Morgan fingerprint density at radius 3 is 2.85 bits per heavy atom. The summed E-state index contributed by atoms with van der Waals surface area (Å²) in [5.41, 5.74) is 3.31. The Kier molecular flexibility index (Phi) is 4.99. The minimum Gasteiger partial charge on any atom is -0.495 e. The Hall–Kier alpha value is -1.58. The number of methoxy groups -OCH3 is 1. The molecule has 1 atom stereocenters. The quantitative estimate of drug-likeness (QED) is 0.910. The van der Waals surface area contributed by atoms with Crippen molar-refractivity contribution < 1.29 is 4.74 Å². The van der Waals surface area contributed by atoms with Crippen LogP contribution in [0.5, 0.6) is 5.75 Å². The number of nitrogens with zero attached hydrogens (tertiary/aromatic N) is 1. The SMILES string of the molecule is CCNC(c1cncc(OC)c1)c1cccc(Cl)c1C. The molecule has 4 heteroatoms. The molecule has 1 aromatic carbocycles. The van der Waals surface area contributed by atoms with E-state index in [0.717, 1.165) is 34.0 Å². The van der Waals surface area contributed by atoms with Crippen LogP contribution in [0, 0.1) is 6.92 Å². The molecule has 1 aromatic heterocycles. The second kappa shape index (κ2) is 6.73. The first-order valence-electron chi connectivity index (χ1n) is 6.64. The number of halogens is 1. The highest BCUT2D eigenvalue weighted by Gasteiger charge is 2.17. The van der Waals surface area contributed by atoms with E-state index in [4.69, 9.17) is 16.3 Å². The van der Waals surface area contributed by atoms with Gasteiger partial charge in [-0.2, -0.15) is 0 Å². The highest BCUT2D eigenvalue weighted by atomic mass is 35.5. The smallest absolute Gasteiger partial charge is 0.137 e. The van der Waals surface area contributed by atoms with Crippen molar-refractivity contribution in [3.8, 4) is 5.75 Å². The highest BCUT2D eigenvalue weighted by Crippen LogP contribution is 2.29. The van der Waals surface area contributed by atoms with Gasteiger partial charge in [0.1, 0.15) is 5.75 Å². The van der Waals surface area contributed by atoms with Crippen LogP contribution in [0.15, 0.2) is 36.7 Å². The highest BCUT2D eigenvalue weighted by molar-refractivity contribution is 6.31. The van der Waals surface area contributed by atoms with Crippen molar-refractivity contribution in [2.45, 2.75) is 19.9 Å². The zero-order valence-electron chi connectivity index (χ0n) is 12.0. The predicted octanol–water partition coefficient (Wildman–Crippen LogP) is 3.75. The second-order valence-corrected chi connectivity index (χ2v) is 5.01. The monoisotopic (exact) mass is 290 g/mol. The third-order valence-corrected chi connectivity index (χ3v) is 3.74. The van der Waals surface area contributed by atoms with Crippen LogP contribution in [0.2, 0.25) is 5.02 Å². The van der Waals surface area contributed by atoms with E-state index in [1.165, 1.54) is 0 Å². The normalized spacial score (nSPS) is 12.2. The number of pyridine rings is 1. The number of benzene rings is 1. The van der Waals surface area contributed by atoms with Gasteiger partial charge in [-0.3, -0.25) is 4.98 Å². The Morgan fingerprint density at radius 1 is 1.35 bits per heavy atom. The van der Waals surface area contributed by atoms with Gasteiger partial charge in [0.2, 0.25) is 0 Å². The molecule has 0 amide bonds. The first-order chi connectivity index (χ1) is 9.67. The van der Waals surface area contributed by atoms with Crippen molar-refractivity contribution in [1.82, 2.24) is 10.3 Å². The minimum absolute atomic E-state index is 0.0568. The number of hydrogen-bond acceptors (Lipinski definition) is 3. The lowest BCUT2D eigenvalue weighted by atomic mass is 9.96. The Bertz CT molecular complexity index is 586. The zero-order chi connectivity index (χ0) is 14.5. The number of rotatable bonds is 5. The van der Waals surface area contributed by atoms with Gasteiger partial charge in [-0.05, 0) is 42.3 Å². The van der Waals surface area contributed by atoms with Gasteiger partial charge in [0.15, 0.2) is 0 Å². The number of aromatic nitrogens is 1. The molecule has 2 aromatic rings. The first kappa shape index (κ1) is 14.8. The van der Waals surface area contributed by atoms with Crippen molar-refractivity contribution in [1.29, 1.82) is 0 Å².